The Labute approximate surface area is 172 Å². The number of aromatic amines is 1. The van der Waals surface area contributed by atoms with E-state index in [2.05, 4.69) is 50.0 Å². The monoisotopic (exact) mass is 390 g/mol. The standard InChI is InChI=1S/C25H30N2O2/c1-4-8-18(25(28)29)22-19(5-2)26-24-23(17-9-6-7-10-20(17)27-24)21(22)16-13-11-15(3)12-14-16/h11-14,18H,4-10H2,1-3H3,(H,26,27)(H,28,29). The van der Waals surface area contributed by atoms with E-state index >= 15 is 0 Å². The summed E-state index contributed by atoms with van der Waals surface area (Å²) < 4.78 is 0. The van der Waals surface area contributed by atoms with Crippen LogP contribution in [0.1, 0.15) is 73.5 Å². The van der Waals surface area contributed by atoms with Gasteiger partial charge in [-0.2, -0.15) is 0 Å². The molecule has 0 radical (unpaired) electrons. The number of carboxylic acid groups (broad SMARTS) is 1. The van der Waals surface area contributed by atoms with E-state index in [0.717, 1.165) is 59.1 Å². The highest BCUT2D eigenvalue weighted by atomic mass is 16.4. The Hall–Kier alpha value is -2.62. The minimum atomic E-state index is -0.750. The van der Waals surface area contributed by atoms with Gasteiger partial charge in [0.25, 0.3) is 0 Å². The van der Waals surface area contributed by atoms with E-state index in [1.165, 1.54) is 29.7 Å². The van der Waals surface area contributed by atoms with E-state index in [0.29, 0.717) is 6.42 Å². The summed E-state index contributed by atoms with van der Waals surface area (Å²) in [6.07, 6.45) is 6.63. The molecule has 0 fully saturated rings. The summed E-state index contributed by atoms with van der Waals surface area (Å²) >= 11 is 0. The van der Waals surface area contributed by atoms with Crippen LogP contribution in [-0.4, -0.2) is 21.0 Å². The second-order valence-corrected chi connectivity index (χ2v) is 8.26. The summed E-state index contributed by atoms with van der Waals surface area (Å²) in [6, 6.07) is 8.51. The van der Waals surface area contributed by atoms with Crippen molar-refractivity contribution in [1.82, 2.24) is 9.97 Å². The van der Waals surface area contributed by atoms with Crippen LogP contribution >= 0.6 is 0 Å². The van der Waals surface area contributed by atoms with Crippen molar-refractivity contribution in [2.45, 2.75) is 71.6 Å². The fraction of sp³-hybridized carbons (Fsp3) is 0.440. The molecule has 1 unspecified atom stereocenters. The van der Waals surface area contributed by atoms with E-state index < -0.39 is 11.9 Å². The summed E-state index contributed by atoms with van der Waals surface area (Å²) in [5, 5.41) is 11.3. The lowest BCUT2D eigenvalue weighted by Gasteiger charge is -2.22. The highest BCUT2D eigenvalue weighted by molar-refractivity contribution is 6.00. The second kappa shape index (κ2) is 8.02. The number of nitrogens with one attached hydrogen (secondary N) is 1. The number of hydrogen-bond acceptors (Lipinski definition) is 2. The molecule has 4 heteroatoms. The van der Waals surface area contributed by atoms with Crippen LogP contribution < -0.4 is 0 Å². The molecule has 2 aromatic heterocycles. The number of nitrogens with zero attached hydrogens (tertiary/aromatic N) is 1. The second-order valence-electron chi connectivity index (χ2n) is 8.26. The number of aromatic nitrogens is 2. The predicted molar refractivity (Wildman–Crippen MR) is 118 cm³/mol. The molecule has 3 aromatic rings. The van der Waals surface area contributed by atoms with Gasteiger partial charge in [0.05, 0.1) is 5.92 Å². The van der Waals surface area contributed by atoms with Gasteiger partial charge in [-0.25, -0.2) is 4.98 Å². The first-order chi connectivity index (χ1) is 14.0. The lowest BCUT2D eigenvalue weighted by atomic mass is 9.83. The smallest absolute Gasteiger partial charge is 0.311 e. The van der Waals surface area contributed by atoms with Crippen LogP contribution in [0.4, 0.5) is 0 Å². The number of carbonyl (C=O) groups is 1. The fourth-order valence-electron chi connectivity index (χ4n) is 4.84. The first-order valence-corrected chi connectivity index (χ1v) is 10.9. The van der Waals surface area contributed by atoms with Gasteiger partial charge in [0.2, 0.25) is 0 Å². The number of hydrogen-bond donors (Lipinski definition) is 2. The van der Waals surface area contributed by atoms with E-state index in [1.54, 1.807) is 0 Å². The molecule has 4 nitrogen and oxygen atoms in total. The summed E-state index contributed by atoms with van der Waals surface area (Å²) in [7, 11) is 0. The third-order valence-electron chi connectivity index (χ3n) is 6.25. The Bertz CT molecular complexity index is 1050. The van der Waals surface area contributed by atoms with Gasteiger partial charge < -0.3 is 10.1 Å². The van der Waals surface area contributed by atoms with Crippen molar-refractivity contribution in [2.24, 2.45) is 0 Å². The Balaban J connectivity index is 2.12. The highest BCUT2D eigenvalue weighted by Gasteiger charge is 2.30. The molecule has 1 aliphatic carbocycles. The van der Waals surface area contributed by atoms with Crippen LogP contribution in [-0.2, 0) is 24.1 Å². The number of H-pyrrole nitrogens is 1. The number of pyridine rings is 1. The molecule has 4 rings (SSSR count). The van der Waals surface area contributed by atoms with Crippen molar-refractivity contribution in [1.29, 1.82) is 0 Å². The largest absolute Gasteiger partial charge is 0.481 e. The fourth-order valence-corrected chi connectivity index (χ4v) is 4.84. The van der Waals surface area contributed by atoms with Gasteiger partial charge in [-0.1, -0.05) is 50.1 Å². The minimum Gasteiger partial charge on any atom is -0.481 e. The molecule has 152 valence electrons. The van der Waals surface area contributed by atoms with Crippen LogP contribution in [0.25, 0.3) is 22.2 Å². The van der Waals surface area contributed by atoms with Crippen LogP contribution in [0.5, 0.6) is 0 Å². The van der Waals surface area contributed by atoms with Crippen LogP contribution in [0.15, 0.2) is 24.3 Å². The van der Waals surface area contributed by atoms with Gasteiger partial charge in [0, 0.05) is 16.8 Å². The molecular formula is C25H30N2O2. The van der Waals surface area contributed by atoms with Gasteiger partial charge in [-0.05, 0) is 67.7 Å². The average Bonchev–Trinajstić information content (AvgIpc) is 3.09. The number of carboxylic acids is 1. The molecule has 2 N–H and O–H groups in total. The SMILES string of the molecule is CCCC(C(=O)O)c1c(CC)nc2[nH]c3c(c2c1-c1ccc(C)cc1)CCCC3. The molecule has 1 aromatic carbocycles. The van der Waals surface area contributed by atoms with E-state index in [-0.39, 0.29) is 0 Å². The molecular weight excluding hydrogens is 360 g/mol. The summed E-state index contributed by atoms with van der Waals surface area (Å²) in [5.74, 6) is -1.28. The molecule has 1 aliphatic rings. The number of aryl methyl sites for hydroxylation is 4. The van der Waals surface area contributed by atoms with E-state index in [9.17, 15) is 9.90 Å². The molecule has 0 amide bonds. The van der Waals surface area contributed by atoms with Crippen molar-refractivity contribution >= 4 is 17.0 Å². The molecule has 2 heterocycles. The maximum atomic E-state index is 12.3. The molecule has 1 atom stereocenters. The third-order valence-corrected chi connectivity index (χ3v) is 6.25. The Morgan fingerprint density at radius 3 is 2.55 bits per heavy atom. The number of fused-ring (bicyclic) bond motifs is 3. The lowest BCUT2D eigenvalue weighted by molar-refractivity contribution is -0.139. The number of benzene rings is 1. The van der Waals surface area contributed by atoms with Gasteiger partial charge in [-0.15, -0.1) is 0 Å². The zero-order chi connectivity index (χ0) is 20.5. The topological polar surface area (TPSA) is 66.0 Å². The lowest BCUT2D eigenvalue weighted by Crippen LogP contribution is -2.16. The Morgan fingerprint density at radius 1 is 1.17 bits per heavy atom. The molecule has 0 aliphatic heterocycles. The van der Waals surface area contributed by atoms with Gasteiger partial charge >= 0.3 is 5.97 Å². The summed E-state index contributed by atoms with van der Waals surface area (Å²) in [5.41, 5.74) is 8.78. The van der Waals surface area contributed by atoms with Crippen LogP contribution in [0.2, 0.25) is 0 Å². The highest BCUT2D eigenvalue weighted by Crippen LogP contribution is 2.42. The normalized spacial score (nSPS) is 14.7. The molecule has 0 bridgehead atoms. The zero-order valence-electron chi connectivity index (χ0n) is 17.6. The van der Waals surface area contributed by atoms with Gasteiger partial charge in [-0.3, -0.25) is 4.79 Å². The summed E-state index contributed by atoms with van der Waals surface area (Å²) in [4.78, 5) is 20.9. The van der Waals surface area contributed by atoms with E-state index in [4.69, 9.17) is 4.98 Å². The van der Waals surface area contributed by atoms with Crippen molar-refractivity contribution in [2.75, 3.05) is 0 Å². The number of rotatable bonds is 6. The van der Waals surface area contributed by atoms with Crippen LogP contribution in [0.3, 0.4) is 0 Å². The third kappa shape index (κ3) is 3.45. The van der Waals surface area contributed by atoms with Gasteiger partial charge in [0.15, 0.2) is 0 Å². The van der Waals surface area contributed by atoms with Crippen LogP contribution in [0, 0.1) is 6.92 Å². The minimum absolute atomic E-state index is 0.530. The van der Waals surface area contributed by atoms with Crippen molar-refractivity contribution in [3.8, 4) is 11.1 Å². The van der Waals surface area contributed by atoms with Gasteiger partial charge in [0.1, 0.15) is 5.65 Å². The molecule has 0 saturated carbocycles. The quantitative estimate of drug-likeness (QED) is 0.547. The molecule has 29 heavy (non-hydrogen) atoms. The zero-order valence-corrected chi connectivity index (χ0v) is 17.6. The first kappa shape index (κ1) is 19.7. The van der Waals surface area contributed by atoms with Crippen molar-refractivity contribution < 1.29 is 9.90 Å². The number of aliphatic carboxylic acids is 1. The Morgan fingerprint density at radius 2 is 1.90 bits per heavy atom. The first-order valence-electron chi connectivity index (χ1n) is 10.9. The molecule has 0 saturated heterocycles. The van der Waals surface area contributed by atoms with Crippen molar-refractivity contribution in [3.63, 3.8) is 0 Å². The van der Waals surface area contributed by atoms with Crippen molar-refractivity contribution in [3.05, 3.63) is 52.3 Å². The predicted octanol–water partition coefficient (Wildman–Crippen LogP) is 5.95. The Kier molecular flexibility index (Phi) is 5.44. The molecule has 0 spiro atoms. The maximum Gasteiger partial charge on any atom is 0.311 e. The average molecular weight is 391 g/mol. The van der Waals surface area contributed by atoms with E-state index in [1.807, 2.05) is 0 Å². The summed E-state index contributed by atoms with van der Waals surface area (Å²) in [6.45, 7) is 6.21. The maximum absolute atomic E-state index is 12.3.